The highest BCUT2D eigenvalue weighted by molar-refractivity contribution is 7.91. The molecule has 0 amide bonds. The number of nitrogens with zero attached hydrogens (tertiary/aromatic N) is 1. The molecule has 0 spiro atoms. The van der Waals surface area contributed by atoms with Crippen molar-refractivity contribution in [3.05, 3.63) is 16.2 Å². The minimum absolute atomic E-state index is 0.0940. The van der Waals surface area contributed by atoms with Crippen molar-refractivity contribution in [2.45, 2.75) is 24.2 Å². The summed E-state index contributed by atoms with van der Waals surface area (Å²) in [7, 11) is -2.30. The predicted octanol–water partition coefficient (Wildman–Crippen LogP) is 1.40. The Morgan fingerprint density at radius 2 is 2.20 bits per heavy atom. The number of rotatable bonds is 8. The molecule has 1 unspecified atom stereocenters. The van der Waals surface area contributed by atoms with Crippen molar-refractivity contribution in [2.24, 2.45) is 0 Å². The van der Waals surface area contributed by atoms with Crippen molar-refractivity contribution in [1.82, 2.24) is 4.72 Å². The molecule has 1 rings (SSSR count). The average Bonchev–Trinajstić information content (AvgIpc) is 2.81. The van der Waals surface area contributed by atoms with Gasteiger partial charge in [-0.05, 0) is 13.8 Å². The molecule has 10 heteroatoms. The fourth-order valence-electron chi connectivity index (χ4n) is 1.30. The molecule has 0 fully saturated rings. The summed E-state index contributed by atoms with van der Waals surface area (Å²) < 4.78 is 31.3. The summed E-state index contributed by atoms with van der Waals surface area (Å²) in [4.78, 5) is 10.3. The first kappa shape index (κ1) is 16.8. The number of ether oxygens (including phenoxy) is 1. The van der Waals surface area contributed by atoms with Crippen LogP contribution in [0.4, 0.5) is 10.7 Å². The third-order valence-corrected chi connectivity index (χ3v) is 5.43. The molecule has 114 valence electrons. The second-order valence-corrected chi connectivity index (χ2v) is 7.01. The summed E-state index contributed by atoms with van der Waals surface area (Å²) in [5.74, 6) is 0. The molecular formula is C10H17N3O5S2. The number of nitro groups is 1. The molecule has 0 saturated heterocycles. The molecule has 1 aromatic heterocycles. The Bertz CT molecular complexity index is 569. The topological polar surface area (TPSA) is 111 Å². The zero-order valence-corrected chi connectivity index (χ0v) is 13.0. The van der Waals surface area contributed by atoms with Crippen LogP contribution in [-0.2, 0) is 14.8 Å². The first-order chi connectivity index (χ1) is 9.31. The maximum Gasteiger partial charge on any atom is 0.304 e. The first-order valence-electron chi connectivity index (χ1n) is 5.86. The Morgan fingerprint density at radius 3 is 2.70 bits per heavy atom. The van der Waals surface area contributed by atoms with Crippen LogP contribution in [0.3, 0.4) is 0 Å². The molecule has 8 nitrogen and oxygen atoms in total. The smallest absolute Gasteiger partial charge is 0.304 e. The number of hydrogen-bond donors (Lipinski definition) is 2. The number of sulfonamides is 1. The van der Waals surface area contributed by atoms with Crippen molar-refractivity contribution in [3.63, 3.8) is 0 Å². The Hall–Kier alpha value is -1.23. The molecule has 1 heterocycles. The zero-order valence-electron chi connectivity index (χ0n) is 11.4. The van der Waals surface area contributed by atoms with Gasteiger partial charge >= 0.3 is 5.69 Å². The second kappa shape index (κ2) is 6.97. The first-order valence-corrected chi connectivity index (χ1v) is 8.16. The number of nitrogens with one attached hydrogen (secondary N) is 2. The molecule has 2 N–H and O–H groups in total. The van der Waals surface area contributed by atoms with Gasteiger partial charge in [-0.2, -0.15) is 0 Å². The van der Waals surface area contributed by atoms with Gasteiger partial charge in [0, 0.05) is 26.3 Å². The Balaban J connectivity index is 3.00. The number of thiophene rings is 1. The van der Waals surface area contributed by atoms with E-state index in [9.17, 15) is 18.5 Å². The van der Waals surface area contributed by atoms with Crippen LogP contribution in [0, 0.1) is 10.1 Å². The van der Waals surface area contributed by atoms with Crippen LogP contribution in [0.1, 0.15) is 13.8 Å². The van der Waals surface area contributed by atoms with Gasteiger partial charge in [0.1, 0.15) is 4.21 Å². The van der Waals surface area contributed by atoms with E-state index in [-0.39, 0.29) is 27.5 Å². The number of methoxy groups -OCH3 is 1. The quantitative estimate of drug-likeness (QED) is 0.552. The highest BCUT2D eigenvalue weighted by atomic mass is 32.2. The molecule has 0 aliphatic rings. The molecule has 1 aromatic rings. The van der Waals surface area contributed by atoms with Crippen LogP contribution in [0.15, 0.2) is 10.3 Å². The van der Waals surface area contributed by atoms with E-state index in [1.54, 1.807) is 13.8 Å². The Labute approximate surface area is 121 Å². The largest absolute Gasteiger partial charge is 0.380 e. The van der Waals surface area contributed by atoms with Crippen LogP contribution in [0.2, 0.25) is 0 Å². The van der Waals surface area contributed by atoms with Crippen LogP contribution in [0.5, 0.6) is 0 Å². The predicted molar refractivity (Wildman–Crippen MR) is 76.8 cm³/mol. The second-order valence-electron chi connectivity index (χ2n) is 3.97. The summed E-state index contributed by atoms with van der Waals surface area (Å²) in [6, 6.07) is 1.06. The molecule has 0 bridgehead atoms. The Morgan fingerprint density at radius 1 is 1.55 bits per heavy atom. The lowest BCUT2D eigenvalue weighted by Crippen LogP contribution is -2.31. The number of anilines is 1. The fourth-order valence-corrected chi connectivity index (χ4v) is 3.85. The third kappa shape index (κ3) is 4.13. The Kier molecular flexibility index (Phi) is 5.87. The molecule has 0 radical (unpaired) electrons. The molecule has 0 aromatic carbocycles. The monoisotopic (exact) mass is 323 g/mol. The van der Waals surface area contributed by atoms with E-state index in [0.29, 0.717) is 6.54 Å². The fraction of sp³-hybridized carbons (Fsp3) is 0.600. The molecule has 1 atom stereocenters. The van der Waals surface area contributed by atoms with Crippen molar-refractivity contribution in [3.8, 4) is 0 Å². The van der Waals surface area contributed by atoms with Gasteiger partial charge in [-0.25, -0.2) is 13.1 Å². The van der Waals surface area contributed by atoms with Gasteiger partial charge in [0.25, 0.3) is 0 Å². The van der Waals surface area contributed by atoms with E-state index in [0.717, 1.165) is 17.4 Å². The highest BCUT2D eigenvalue weighted by Gasteiger charge is 2.26. The summed E-state index contributed by atoms with van der Waals surface area (Å²) in [6.45, 7) is 4.05. The van der Waals surface area contributed by atoms with Gasteiger partial charge in [-0.3, -0.25) is 10.1 Å². The minimum atomic E-state index is -3.77. The molecule has 0 aliphatic carbocycles. The zero-order chi connectivity index (χ0) is 15.3. The maximum absolute atomic E-state index is 12.0. The van der Waals surface area contributed by atoms with Crippen molar-refractivity contribution in [2.75, 3.05) is 25.5 Å². The van der Waals surface area contributed by atoms with E-state index < -0.39 is 14.9 Å². The minimum Gasteiger partial charge on any atom is -0.380 e. The van der Waals surface area contributed by atoms with Crippen LogP contribution in [-0.4, -0.2) is 39.6 Å². The lowest BCUT2D eigenvalue weighted by molar-refractivity contribution is -0.383. The normalized spacial score (nSPS) is 13.2. The van der Waals surface area contributed by atoms with Crippen molar-refractivity contribution in [1.29, 1.82) is 0 Å². The lowest BCUT2D eigenvalue weighted by Gasteiger charge is -2.09. The van der Waals surface area contributed by atoms with Crippen LogP contribution < -0.4 is 10.0 Å². The summed E-state index contributed by atoms with van der Waals surface area (Å²) in [6.07, 6.45) is -0.284. The standard InChI is InChI=1S/C10H17N3O5S2/c1-4-11-10-8(13(14)15)5-9(19-10)20(16,17)12-6-7(2)18-3/h5,7,11-12H,4,6H2,1-3H3. The van der Waals surface area contributed by atoms with Gasteiger partial charge in [0.2, 0.25) is 10.0 Å². The van der Waals surface area contributed by atoms with Crippen molar-refractivity contribution >= 4 is 32.0 Å². The average molecular weight is 323 g/mol. The summed E-state index contributed by atoms with van der Waals surface area (Å²) in [5, 5.41) is 13.9. The number of hydrogen-bond acceptors (Lipinski definition) is 7. The van der Waals surface area contributed by atoms with Gasteiger partial charge in [0.15, 0.2) is 5.00 Å². The van der Waals surface area contributed by atoms with Crippen LogP contribution in [0.25, 0.3) is 0 Å². The van der Waals surface area contributed by atoms with E-state index in [1.807, 2.05) is 0 Å². The van der Waals surface area contributed by atoms with E-state index in [4.69, 9.17) is 4.74 Å². The summed E-state index contributed by atoms with van der Waals surface area (Å²) in [5.41, 5.74) is -0.239. The SMILES string of the molecule is CCNc1sc(S(=O)(=O)NCC(C)OC)cc1[N+](=O)[O-]. The van der Waals surface area contributed by atoms with Gasteiger partial charge in [0.05, 0.1) is 11.0 Å². The van der Waals surface area contributed by atoms with Gasteiger partial charge in [-0.1, -0.05) is 11.3 Å². The summed E-state index contributed by atoms with van der Waals surface area (Å²) >= 11 is 0.835. The van der Waals surface area contributed by atoms with Crippen LogP contribution >= 0.6 is 11.3 Å². The maximum atomic E-state index is 12.0. The molecule has 0 saturated carbocycles. The molecule has 0 aliphatic heterocycles. The van der Waals surface area contributed by atoms with E-state index >= 15 is 0 Å². The lowest BCUT2D eigenvalue weighted by atomic mass is 10.4. The van der Waals surface area contributed by atoms with Crippen molar-refractivity contribution < 1.29 is 18.1 Å². The molecule has 20 heavy (non-hydrogen) atoms. The molecular weight excluding hydrogens is 306 g/mol. The van der Waals surface area contributed by atoms with E-state index in [2.05, 4.69) is 10.0 Å². The third-order valence-electron chi connectivity index (χ3n) is 2.45. The van der Waals surface area contributed by atoms with Gasteiger partial charge in [-0.15, -0.1) is 0 Å². The van der Waals surface area contributed by atoms with E-state index in [1.165, 1.54) is 7.11 Å². The van der Waals surface area contributed by atoms with Gasteiger partial charge < -0.3 is 10.1 Å². The highest BCUT2D eigenvalue weighted by Crippen LogP contribution is 2.36.